The monoisotopic (exact) mass is 407 g/mol. The largest absolute Gasteiger partial charge is 0.462 e. The number of rotatable bonds is 7. The van der Waals surface area contributed by atoms with Crippen molar-refractivity contribution in [1.82, 2.24) is 0 Å². The zero-order valence-electron chi connectivity index (χ0n) is 14.8. The predicted molar refractivity (Wildman–Crippen MR) is 105 cm³/mol. The Morgan fingerprint density at radius 2 is 1.74 bits per heavy atom. The molecule has 2 aromatic rings. The Kier molecular flexibility index (Phi) is 7.69. The van der Waals surface area contributed by atoms with Crippen LogP contribution in [0.3, 0.4) is 0 Å². The SMILES string of the molecule is CCOC(=O)c1ccccc1NC(=O)COC(=O)c1cc(SC)ccc1Cl. The molecule has 0 atom stereocenters. The summed E-state index contributed by atoms with van der Waals surface area (Å²) in [6.45, 7) is 1.39. The summed E-state index contributed by atoms with van der Waals surface area (Å²) in [5.74, 6) is -1.84. The lowest BCUT2D eigenvalue weighted by Gasteiger charge is -2.11. The minimum Gasteiger partial charge on any atom is -0.462 e. The molecule has 0 radical (unpaired) electrons. The summed E-state index contributed by atoms with van der Waals surface area (Å²) in [6.07, 6.45) is 1.87. The fourth-order valence-corrected chi connectivity index (χ4v) is 2.80. The molecule has 0 bridgehead atoms. The quantitative estimate of drug-likeness (QED) is 0.551. The number of amides is 1. The van der Waals surface area contributed by atoms with Crippen molar-refractivity contribution in [2.75, 3.05) is 24.8 Å². The van der Waals surface area contributed by atoms with Crippen LogP contribution < -0.4 is 5.32 Å². The van der Waals surface area contributed by atoms with E-state index in [1.807, 2.05) is 6.26 Å². The summed E-state index contributed by atoms with van der Waals surface area (Å²) in [6, 6.07) is 11.4. The number of nitrogens with one attached hydrogen (secondary N) is 1. The van der Waals surface area contributed by atoms with Gasteiger partial charge in [-0.2, -0.15) is 0 Å². The van der Waals surface area contributed by atoms with Gasteiger partial charge in [-0.1, -0.05) is 23.7 Å². The Morgan fingerprint density at radius 1 is 1.04 bits per heavy atom. The van der Waals surface area contributed by atoms with Crippen molar-refractivity contribution in [3.05, 3.63) is 58.6 Å². The molecule has 0 aliphatic rings. The van der Waals surface area contributed by atoms with E-state index in [-0.39, 0.29) is 28.4 Å². The van der Waals surface area contributed by atoms with Crippen LogP contribution in [0.1, 0.15) is 27.6 Å². The second-order valence-corrected chi connectivity index (χ2v) is 6.52. The summed E-state index contributed by atoms with van der Waals surface area (Å²) < 4.78 is 9.98. The highest BCUT2D eigenvalue weighted by Crippen LogP contribution is 2.23. The normalized spacial score (nSPS) is 10.2. The fraction of sp³-hybridized carbons (Fsp3) is 0.211. The highest BCUT2D eigenvalue weighted by atomic mass is 35.5. The second kappa shape index (κ2) is 9.99. The lowest BCUT2D eigenvalue weighted by molar-refractivity contribution is -0.119. The molecule has 142 valence electrons. The third kappa shape index (κ3) is 5.74. The van der Waals surface area contributed by atoms with Gasteiger partial charge in [0.05, 0.1) is 28.4 Å². The van der Waals surface area contributed by atoms with E-state index >= 15 is 0 Å². The number of carbonyl (C=O) groups is 3. The average Bonchev–Trinajstić information content (AvgIpc) is 2.67. The van der Waals surface area contributed by atoms with Crippen molar-refractivity contribution < 1.29 is 23.9 Å². The van der Waals surface area contributed by atoms with Crippen molar-refractivity contribution >= 4 is 46.9 Å². The lowest BCUT2D eigenvalue weighted by Crippen LogP contribution is -2.22. The molecule has 0 aliphatic heterocycles. The van der Waals surface area contributed by atoms with Crippen LogP contribution in [-0.4, -0.2) is 37.3 Å². The molecule has 0 spiro atoms. The first-order chi connectivity index (χ1) is 13.0. The molecular formula is C19H18ClNO5S. The van der Waals surface area contributed by atoms with Crippen LogP contribution in [0.25, 0.3) is 0 Å². The number of para-hydroxylation sites is 1. The van der Waals surface area contributed by atoms with E-state index in [1.165, 1.54) is 17.8 Å². The zero-order valence-corrected chi connectivity index (χ0v) is 16.4. The molecule has 0 heterocycles. The number of anilines is 1. The Balaban J connectivity index is 2.01. The summed E-state index contributed by atoms with van der Waals surface area (Å²) in [5.41, 5.74) is 0.678. The van der Waals surface area contributed by atoms with E-state index in [0.29, 0.717) is 0 Å². The lowest BCUT2D eigenvalue weighted by atomic mass is 10.2. The van der Waals surface area contributed by atoms with E-state index in [4.69, 9.17) is 21.1 Å². The fourth-order valence-electron chi connectivity index (χ4n) is 2.16. The minimum atomic E-state index is -0.704. The molecule has 8 heteroatoms. The number of benzene rings is 2. The molecule has 0 unspecified atom stereocenters. The highest BCUT2D eigenvalue weighted by molar-refractivity contribution is 7.98. The zero-order chi connectivity index (χ0) is 19.8. The first kappa shape index (κ1) is 20.8. The molecule has 27 heavy (non-hydrogen) atoms. The van der Waals surface area contributed by atoms with Crippen LogP contribution in [-0.2, 0) is 14.3 Å². The number of thioether (sulfide) groups is 1. The Labute approximate surface area is 166 Å². The van der Waals surface area contributed by atoms with Crippen molar-refractivity contribution in [3.63, 3.8) is 0 Å². The molecular weight excluding hydrogens is 390 g/mol. The average molecular weight is 408 g/mol. The summed E-state index contributed by atoms with van der Waals surface area (Å²) >= 11 is 7.47. The minimum absolute atomic E-state index is 0.184. The van der Waals surface area contributed by atoms with Gasteiger partial charge in [0, 0.05) is 4.90 Å². The smallest absolute Gasteiger partial charge is 0.340 e. The van der Waals surface area contributed by atoms with Crippen molar-refractivity contribution in [2.24, 2.45) is 0 Å². The molecule has 0 fully saturated rings. The van der Waals surface area contributed by atoms with Gasteiger partial charge in [-0.3, -0.25) is 4.79 Å². The van der Waals surface area contributed by atoms with Crippen LogP contribution in [0.4, 0.5) is 5.69 Å². The molecule has 0 saturated heterocycles. The number of halogens is 1. The van der Waals surface area contributed by atoms with E-state index in [0.717, 1.165) is 4.90 Å². The molecule has 1 N–H and O–H groups in total. The second-order valence-electron chi connectivity index (χ2n) is 5.24. The van der Waals surface area contributed by atoms with E-state index in [1.54, 1.807) is 43.3 Å². The maximum Gasteiger partial charge on any atom is 0.340 e. The van der Waals surface area contributed by atoms with Gasteiger partial charge in [0.2, 0.25) is 0 Å². The van der Waals surface area contributed by atoms with Gasteiger partial charge in [0.25, 0.3) is 5.91 Å². The summed E-state index contributed by atoms with van der Waals surface area (Å²) in [4.78, 5) is 37.1. The van der Waals surface area contributed by atoms with Crippen LogP contribution in [0.2, 0.25) is 5.02 Å². The number of carbonyl (C=O) groups excluding carboxylic acids is 3. The van der Waals surface area contributed by atoms with Crippen molar-refractivity contribution in [1.29, 1.82) is 0 Å². The number of ether oxygens (including phenoxy) is 2. The molecule has 1 amide bonds. The van der Waals surface area contributed by atoms with Crippen LogP contribution in [0, 0.1) is 0 Å². The van der Waals surface area contributed by atoms with Crippen LogP contribution in [0.15, 0.2) is 47.4 Å². The Morgan fingerprint density at radius 3 is 2.44 bits per heavy atom. The van der Waals surface area contributed by atoms with E-state index in [2.05, 4.69) is 5.32 Å². The van der Waals surface area contributed by atoms with Gasteiger partial charge in [-0.05, 0) is 43.5 Å². The Hall–Kier alpha value is -2.51. The van der Waals surface area contributed by atoms with Gasteiger partial charge in [-0.15, -0.1) is 11.8 Å². The summed E-state index contributed by atoms with van der Waals surface area (Å²) in [5, 5.41) is 2.78. The van der Waals surface area contributed by atoms with Crippen molar-refractivity contribution in [3.8, 4) is 0 Å². The van der Waals surface area contributed by atoms with Crippen LogP contribution in [0.5, 0.6) is 0 Å². The van der Waals surface area contributed by atoms with Crippen molar-refractivity contribution in [2.45, 2.75) is 11.8 Å². The summed E-state index contributed by atoms with van der Waals surface area (Å²) in [7, 11) is 0. The molecule has 0 saturated carbocycles. The van der Waals surface area contributed by atoms with Gasteiger partial charge in [0.15, 0.2) is 6.61 Å². The molecule has 2 aromatic carbocycles. The van der Waals surface area contributed by atoms with E-state index in [9.17, 15) is 14.4 Å². The van der Waals surface area contributed by atoms with Gasteiger partial charge in [0.1, 0.15) is 0 Å². The predicted octanol–water partition coefficient (Wildman–Crippen LogP) is 4.03. The highest BCUT2D eigenvalue weighted by Gasteiger charge is 2.17. The Bertz CT molecular complexity index is 856. The molecule has 0 aliphatic carbocycles. The van der Waals surface area contributed by atoms with Gasteiger partial charge in [-0.25, -0.2) is 9.59 Å². The number of esters is 2. The first-order valence-corrected chi connectivity index (χ1v) is 9.63. The third-order valence-electron chi connectivity index (χ3n) is 3.42. The maximum atomic E-state index is 12.2. The number of hydrogen-bond acceptors (Lipinski definition) is 6. The van der Waals surface area contributed by atoms with Crippen LogP contribution >= 0.6 is 23.4 Å². The molecule has 2 rings (SSSR count). The topological polar surface area (TPSA) is 81.7 Å². The molecule has 0 aromatic heterocycles. The van der Waals surface area contributed by atoms with Gasteiger partial charge < -0.3 is 14.8 Å². The standard InChI is InChI=1S/C19H18ClNO5S/c1-3-25-18(23)13-6-4-5-7-16(13)21-17(22)11-26-19(24)14-10-12(27-2)8-9-15(14)20/h4-10H,3,11H2,1-2H3,(H,21,22). The third-order valence-corrected chi connectivity index (χ3v) is 4.48. The van der Waals surface area contributed by atoms with Gasteiger partial charge >= 0.3 is 11.9 Å². The first-order valence-electron chi connectivity index (χ1n) is 8.03. The van der Waals surface area contributed by atoms with E-state index < -0.39 is 24.5 Å². The number of hydrogen-bond donors (Lipinski definition) is 1. The maximum absolute atomic E-state index is 12.2. The molecule has 6 nitrogen and oxygen atoms in total.